The van der Waals surface area contributed by atoms with Crippen molar-refractivity contribution in [2.24, 2.45) is 11.1 Å². The van der Waals surface area contributed by atoms with E-state index in [0.29, 0.717) is 19.5 Å². The standard InChI is InChI=1S/C11H16N4O3/c12-5-10(1-2-10)8(17)15-4-3-11(6-15)7(16)13-9(18)14-11/h1-6,12H2,(H2,13,14,16,18). The third-order valence-corrected chi connectivity index (χ3v) is 4.27. The van der Waals surface area contributed by atoms with E-state index in [9.17, 15) is 14.4 Å². The van der Waals surface area contributed by atoms with Crippen LogP contribution in [0.4, 0.5) is 4.79 Å². The summed E-state index contributed by atoms with van der Waals surface area (Å²) in [5.74, 6) is -0.309. The van der Waals surface area contributed by atoms with Crippen LogP contribution >= 0.6 is 0 Å². The number of amides is 4. The van der Waals surface area contributed by atoms with Gasteiger partial charge in [0, 0.05) is 13.1 Å². The SMILES string of the molecule is NCC1(C(=O)N2CCC3(C2)NC(=O)NC3=O)CC1. The van der Waals surface area contributed by atoms with Crippen LogP contribution in [0.3, 0.4) is 0 Å². The van der Waals surface area contributed by atoms with Crippen LogP contribution in [0.5, 0.6) is 0 Å². The van der Waals surface area contributed by atoms with Gasteiger partial charge in [-0.1, -0.05) is 0 Å². The summed E-state index contributed by atoms with van der Waals surface area (Å²) in [7, 11) is 0. The molecule has 2 aliphatic heterocycles. The fourth-order valence-corrected chi connectivity index (χ4v) is 2.79. The molecule has 4 amide bonds. The van der Waals surface area contributed by atoms with Crippen LogP contribution in [0.25, 0.3) is 0 Å². The van der Waals surface area contributed by atoms with Crippen LogP contribution in [0.1, 0.15) is 19.3 Å². The minimum atomic E-state index is -0.919. The zero-order chi connectivity index (χ0) is 13.0. The lowest BCUT2D eigenvalue weighted by molar-refractivity contribution is -0.136. The van der Waals surface area contributed by atoms with Crippen molar-refractivity contribution in [3.05, 3.63) is 0 Å². The lowest BCUT2D eigenvalue weighted by Gasteiger charge is -2.24. The molecule has 0 bridgehead atoms. The first-order valence-corrected chi connectivity index (χ1v) is 6.14. The van der Waals surface area contributed by atoms with Gasteiger partial charge in [0.25, 0.3) is 5.91 Å². The molecule has 0 aromatic rings. The highest BCUT2D eigenvalue weighted by molar-refractivity contribution is 6.07. The quantitative estimate of drug-likeness (QED) is 0.522. The minimum absolute atomic E-state index is 0.0239. The molecule has 4 N–H and O–H groups in total. The van der Waals surface area contributed by atoms with Crippen LogP contribution in [-0.4, -0.2) is 47.9 Å². The van der Waals surface area contributed by atoms with Crippen molar-refractivity contribution < 1.29 is 14.4 Å². The topological polar surface area (TPSA) is 105 Å². The molecule has 2 saturated heterocycles. The van der Waals surface area contributed by atoms with Gasteiger partial charge in [-0.25, -0.2) is 4.79 Å². The van der Waals surface area contributed by atoms with Crippen molar-refractivity contribution in [3.63, 3.8) is 0 Å². The molecular formula is C11H16N4O3. The molecule has 3 aliphatic rings. The summed E-state index contributed by atoms with van der Waals surface area (Å²) >= 11 is 0. The van der Waals surface area contributed by atoms with E-state index in [0.717, 1.165) is 12.8 Å². The Balaban J connectivity index is 1.74. The van der Waals surface area contributed by atoms with Crippen molar-refractivity contribution in [2.45, 2.75) is 24.8 Å². The average molecular weight is 252 g/mol. The number of imide groups is 1. The summed E-state index contributed by atoms with van der Waals surface area (Å²) in [5.41, 5.74) is 4.32. The third-order valence-electron chi connectivity index (χ3n) is 4.27. The van der Waals surface area contributed by atoms with E-state index in [2.05, 4.69) is 10.6 Å². The van der Waals surface area contributed by atoms with E-state index >= 15 is 0 Å². The molecule has 1 saturated carbocycles. The Bertz CT molecular complexity index is 446. The number of hydrogen-bond acceptors (Lipinski definition) is 4. The average Bonchev–Trinajstić information content (AvgIpc) is 2.95. The van der Waals surface area contributed by atoms with Crippen molar-refractivity contribution >= 4 is 17.8 Å². The maximum atomic E-state index is 12.3. The molecule has 7 nitrogen and oxygen atoms in total. The van der Waals surface area contributed by atoms with E-state index in [1.807, 2.05) is 0 Å². The fourth-order valence-electron chi connectivity index (χ4n) is 2.79. The van der Waals surface area contributed by atoms with Crippen molar-refractivity contribution in [1.82, 2.24) is 15.5 Å². The van der Waals surface area contributed by atoms with Crippen molar-refractivity contribution in [1.29, 1.82) is 0 Å². The van der Waals surface area contributed by atoms with E-state index < -0.39 is 17.0 Å². The van der Waals surface area contributed by atoms with E-state index in [4.69, 9.17) is 5.73 Å². The zero-order valence-corrected chi connectivity index (χ0v) is 9.99. The zero-order valence-electron chi connectivity index (χ0n) is 9.99. The number of rotatable bonds is 2. The van der Waals surface area contributed by atoms with Gasteiger partial charge in [0.15, 0.2) is 0 Å². The first-order chi connectivity index (χ1) is 8.51. The maximum absolute atomic E-state index is 12.3. The molecule has 7 heteroatoms. The molecular weight excluding hydrogens is 236 g/mol. The van der Waals surface area contributed by atoms with Gasteiger partial charge in [-0.3, -0.25) is 14.9 Å². The van der Waals surface area contributed by atoms with Gasteiger partial charge in [-0.2, -0.15) is 0 Å². The summed E-state index contributed by atoms with van der Waals surface area (Å²) in [5, 5.41) is 4.85. The summed E-state index contributed by atoms with van der Waals surface area (Å²) in [6.45, 7) is 1.10. The Morgan fingerprint density at radius 1 is 1.33 bits per heavy atom. The number of likely N-dealkylation sites (tertiary alicyclic amines) is 1. The fraction of sp³-hybridized carbons (Fsp3) is 0.727. The number of urea groups is 1. The van der Waals surface area contributed by atoms with Gasteiger partial charge >= 0.3 is 6.03 Å². The summed E-state index contributed by atoms with van der Waals surface area (Å²) in [6.07, 6.45) is 2.12. The second-order valence-corrected chi connectivity index (χ2v) is 5.45. The number of nitrogens with zero attached hydrogens (tertiary/aromatic N) is 1. The van der Waals surface area contributed by atoms with Crippen LogP contribution in [0.2, 0.25) is 0 Å². The second kappa shape index (κ2) is 3.44. The number of nitrogens with two attached hydrogens (primary N) is 1. The van der Waals surface area contributed by atoms with E-state index in [1.165, 1.54) is 0 Å². The smallest absolute Gasteiger partial charge is 0.322 e. The largest absolute Gasteiger partial charge is 0.339 e. The van der Waals surface area contributed by atoms with Gasteiger partial charge in [-0.15, -0.1) is 0 Å². The van der Waals surface area contributed by atoms with Gasteiger partial charge in [0.05, 0.1) is 12.0 Å². The molecule has 1 atom stereocenters. The number of hydrogen-bond donors (Lipinski definition) is 3. The van der Waals surface area contributed by atoms with E-state index in [1.54, 1.807) is 4.90 Å². The Morgan fingerprint density at radius 3 is 2.56 bits per heavy atom. The van der Waals surface area contributed by atoms with Crippen LogP contribution in [-0.2, 0) is 9.59 Å². The van der Waals surface area contributed by atoms with Gasteiger partial charge in [-0.05, 0) is 19.3 Å². The first kappa shape index (κ1) is 11.5. The number of carbonyl (C=O) groups is 3. The van der Waals surface area contributed by atoms with Gasteiger partial charge in [0.2, 0.25) is 5.91 Å². The molecule has 18 heavy (non-hydrogen) atoms. The Hall–Kier alpha value is -1.63. The highest BCUT2D eigenvalue weighted by Gasteiger charge is 2.56. The number of carbonyl (C=O) groups excluding carboxylic acids is 3. The monoisotopic (exact) mass is 252 g/mol. The predicted octanol–water partition coefficient (Wildman–Crippen LogP) is -1.46. The molecule has 2 heterocycles. The summed E-state index contributed by atoms with van der Waals surface area (Å²) in [4.78, 5) is 36.9. The molecule has 3 fully saturated rings. The van der Waals surface area contributed by atoms with Crippen LogP contribution < -0.4 is 16.4 Å². The van der Waals surface area contributed by atoms with Gasteiger partial charge < -0.3 is 16.0 Å². The molecule has 0 aromatic heterocycles. The normalized spacial score (nSPS) is 32.6. The molecule has 3 rings (SSSR count). The number of nitrogens with one attached hydrogen (secondary N) is 2. The second-order valence-electron chi connectivity index (χ2n) is 5.45. The maximum Gasteiger partial charge on any atom is 0.322 e. The highest BCUT2D eigenvalue weighted by atomic mass is 16.2. The van der Waals surface area contributed by atoms with Crippen LogP contribution in [0, 0.1) is 5.41 Å². The third kappa shape index (κ3) is 1.43. The Labute approximate surface area is 104 Å². The van der Waals surface area contributed by atoms with Crippen LogP contribution in [0.15, 0.2) is 0 Å². The first-order valence-electron chi connectivity index (χ1n) is 6.14. The lowest BCUT2D eigenvalue weighted by Crippen LogP contribution is -2.50. The van der Waals surface area contributed by atoms with Crippen molar-refractivity contribution in [2.75, 3.05) is 19.6 Å². The molecule has 98 valence electrons. The van der Waals surface area contributed by atoms with E-state index in [-0.39, 0.29) is 18.4 Å². The Morgan fingerprint density at radius 2 is 2.06 bits per heavy atom. The predicted molar refractivity (Wildman–Crippen MR) is 61.3 cm³/mol. The van der Waals surface area contributed by atoms with Gasteiger partial charge in [0.1, 0.15) is 5.54 Å². The Kier molecular flexibility index (Phi) is 2.19. The molecule has 1 unspecified atom stereocenters. The highest BCUT2D eigenvalue weighted by Crippen LogP contribution is 2.47. The van der Waals surface area contributed by atoms with Crippen molar-refractivity contribution in [3.8, 4) is 0 Å². The molecule has 1 aliphatic carbocycles. The molecule has 0 aromatic carbocycles. The lowest BCUT2D eigenvalue weighted by atomic mass is 9.99. The minimum Gasteiger partial charge on any atom is -0.339 e. The summed E-state index contributed by atoms with van der Waals surface area (Å²) < 4.78 is 0. The molecule has 1 spiro atoms. The molecule has 0 radical (unpaired) electrons. The summed E-state index contributed by atoms with van der Waals surface area (Å²) in [6, 6.07) is -0.478.